The second kappa shape index (κ2) is 11.1. The first-order chi connectivity index (χ1) is 24.3. The lowest BCUT2D eigenvalue weighted by atomic mass is 9.83. The van der Waals surface area contributed by atoms with Crippen molar-refractivity contribution in [1.82, 2.24) is 0 Å². The van der Waals surface area contributed by atoms with Gasteiger partial charge in [-0.25, -0.2) is 0 Å². The van der Waals surface area contributed by atoms with Crippen molar-refractivity contribution in [2.24, 2.45) is 0 Å². The highest BCUT2D eigenvalue weighted by atomic mass is 16.3. The molecule has 0 saturated heterocycles. The highest BCUT2D eigenvalue weighted by molar-refractivity contribution is 6.23. The fraction of sp³-hybridized carbons (Fsp3) is 0. The minimum atomic E-state index is 0.920. The number of hydrogen-bond acceptors (Lipinski definition) is 1. The van der Waals surface area contributed by atoms with E-state index in [4.69, 9.17) is 4.42 Å². The van der Waals surface area contributed by atoms with Gasteiger partial charge >= 0.3 is 0 Å². The second-order valence-corrected chi connectivity index (χ2v) is 12.8. The van der Waals surface area contributed by atoms with Crippen LogP contribution in [0.15, 0.2) is 186 Å². The molecule has 1 heteroatoms. The van der Waals surface area contributed by atoms with E-state index >= 15 is 0 Å². The predicted octanol–water partition coefficient (Wildman–Crippen LogP) is 13.7. The van der Waals surface area contributed by atoms with Crippen LogP contribution in [0, 0.1) is 0 Å². The van der Waals surface area contributed by atoms with E-state index in [2.05, 4.69) is 176 Å². The van der Waals surface area contributed by atoms with E-state index < -0.39 is 0 Å². The van der Waals surface area contributed by atoms with Gasteiger partial charge < -0.3 is 4.42 Å². The van der Waals surface area contributed by atoms with Crippen molar-refractivity contribution >= 4 is 54.3 Å². The van der Waals surface area contributed by atoms with E-state index in [1.165, 1.54) is 71.4 Å². The molecular weight excluding hydrogens is 593 g/mol. The van der Waals surface area contributed by atoms with E-state index in [1.54, 1.807) is 0 Å². The molecule has 0 aliphatic rings. The first kappa shape index (κ1) is 27.7. The quantitative estimate of drug-likeness (QED) is 0.178. The van der Waals surface area contributed by atoms with Crippen LogP contribution in [0.5, 0.6) is 0 Å². The van der Waals surface area contributed by atoms with E-state index in [9.17, 15) is 0 Å². The maximum atomic E-state index is 6.39. The summed E-state index contributed by atoms with van der Waals surface area (Å²) in [6, 6.07) is 65.7. The maximum Gasteiger partial charge on any atom is 0.143 e. The minimum absolute atomic E-state index is 0.920. The summed E-state index contributed by atoms with van der Waals surface area (Å²) in [5.41, 5.74) is 11.7. The molecular formula is C48H30O. The van der Waals surface area contributed by atoms with Gasteiger partial charge in [0.1, 0.15) is 11.2 Å². The summed E-state index contributed by atoms with van der Waals surface area (Å²) in [6.07, 6.45) is 0. The van der Waals surface area contributed by atoms with Gasteiger partial charge in [-0.05, 0) is 83.6 Å². The first-order valence-electron chi connectivity index (χ1n) is 16.9. The molecule has 0 radical (unpaired) electrons. The summed E-state index contributed by atoms with van der Waals surface area (Å²) in [4.78, 5) is 0. The Bertz CT molecular complexity index is 2800. The lowest BCUT2D eigenvalue weighted by molar-refractivity contribution is 0.672. The molecule has 0 atom stereocenters. The van der Waals surface area contributed by atoms with Gasteiger partial charge in [0.25, 0.3) is 0 Å². The molecule has 0 N–H and O–H groups in total. The van der Waals surface area contributed by atoms with Crippen LogP contribution >= 0.6 is 0 Å². The summed E-state index contributed by atoms with van der Waals surface area (Å²) >= 11 is 0. The minimum Gasteiger partial charge on any atom is -0.455 e. The SMILES string of the molecule is c1ccc(-c2ccccc2-c2c3ccccc3c(-c3ccc(-c4cc5c6ccccc6oc5c5ccccc45)cc3)c3ccccc23)cc1. The highest BCUT2D eigenvalue weighted by Crippen LogP contribution is 2.46. The van der Waals surface area contributed by atoms with Gasteiger partial charge in [-0.3, -0.25) is 0 Å². The molecule has 49 heavy (non-hydrogen) atoms. The molecule has 10 rings (SSSR count). The monoisotopic (exact) mass is 622 g/mol. The average molecular weight is 623 g/mol. The Balaban J connectivity index is 1.19. The van der Waals surface area contributed by atoms with E-state index in [-0.39, 0.29) is 0 Å². The topological polar surface area (TPSA) is 13.1 Å². The van der Waals surface area contributed by atoms with Gasteiger partial charge in [-0.1, -0.05) is 170 Å². The zero-order valence-corrected chi connectivity index (χ0v) is 26.7. The number of hydrogen-bond donors (Lipinski definition) is 0. The number of rotatable bonds is 4. The Labute approximate surface area is 284 Å². The van der Waals surface area contributed by atoms with Crippen molar-refractivity contribution in [2.45, 2.75) is 0 Å². The third kappa shape index (κ3) is 4.33. The zero-order valence-electron chi connectivity index (χ0n) is 26.7. The molecule has 0 amide bonds. The fourth-order valence-corrected chi connectivity index (χ4v) is 7.90. The Morgan fingerprint density at radius 2 is 0.735 bits per heavy atom. The largest absolute Gasteiger partial charge is 0.455 e. The summed E-state index contributed by atoms with van der Waals surface area (Å²) in [5, 5.41) is 9.65. The molecule has 0 spiro atoms. The van der Waals surface area contributed by atoms with Crippen molar-refractivity contribution < 1.29 is 4.42 Å². The average Bonchev–Trinajstić information content (AvgIpc) is 3.56. The summed E-state index contributed by atoms with van der Waals surface area (Å²) in [5.74, 6) is 0. The van der Waals surface area contributed by atoms with Crippen molar-refractivity contribution in [2.75, 3.05) is 0 Å². The molecule has 0 saturated carbocycles. The number of furan rings is 1. The van der Waals surface area contributed by atoms with Crippen molar-refractivity contribution in [3.05, 3.63) is 182 Å². The molecule has 0 bridgehead atoms. The van der Waals surface area contributed by atoms with Crippen LogP contribution in [0.25, 0.3) is 98.8 Å². The van der Waals surface area contributed by atoms with E-state index in [0.29, 0.717) is 0 Å². The van der Waals surface area contributed by atoms with E-state index in [0.717, 1.165) is 27.3 Å². The normalized spacial score (nSPS) is 11.7. The Morgan fingerprint density at radius 1 is 0.265 bits per heavy atom. The fourth-order valence-electron chi connectivity index (χ4n) is 7.90. The molecule has 0 fully saturated rings. The van der Waals surface area contributed by atoms with Crippen LogP contribution in [-0.4, -0.2) is 0 Å². The van der Waals surface area contributed by atoms with Gasteiger partial charge in [-0.15, -0.1) is 0 Å². The summed E-state index contributed by atoms with van der Waals surface area (Å²) in [6.45, 7) is 0. The van der Waals surface area contributed by atoms with E-state index in [1.807, 2.05) is 6.07 Å². The molecule has 0 aliphatic carbocycles. The molecule has 0 aliphatic heterocycles. The lowest BCUT2D eigenvalue weighted by Gasteiger charge is -2.20. The Morgan fingerprint density at radius 3 is 1.41 bits per heavy atom. The van der Waals surface area contributed by atoms with Crippen LogP contribution in [-0.2, 0) is 0 Å². The van der Waals surface area contributed by atoms with Crippen molar-refractivity contribution in [1.29, 1.82) is 0 Å². The Hall–Kier alpha value is -6.44. The summed E-state index contributed by atoms with van der Waals surface area (Å²) < 4.78 is 6.39. The van der Waals surface area contributed by atoms with Gasteiger partial charge in [0, 0.05) is 16.2 Å². The molecule has 1 aromatic heterocycles. The van der Waals surface area contributed by atoms with Gasteiger partial charge in [0.15, 0.2) is 0 Å². The van der Waals surface area contributed by atoms with Crippen molar-refractivity contribution in [3.8, 4) is 44.5 Å². The lowest BCUT2D eigenvalue weighted by Crippen LogP contribution is -1.92. The van der Waals surface area contributed by atoms with Gasteiger partial charge in [0.05, 0.1) is 0 Å². The van der Waals surface area contributed by atoms with Gasteiger partial charge in [0.2, 0.25) is 0 Å². The number of benzene rings is 9. The molecule has 1 heterocycles. The number of para-hydroxylation sites is 1. The third-order valence-corrected chi connectivity index (χ3v) is 10.1. The van der Waals surface area contributed by atoms with Crippen molar-refractivity contribution in [3.63, 3.8) is 0 Å². The maximum absolute atomic E-state index is 6.39. The van der Waals surface area contributed by atoms with Crippen LogP contribution in [0.1, 0.15) is 0 Å². The van der Waals surface area contributed by atoms with Crippen LogP contribution < -0.4 is 0 Å². The summed E-state index contributed by atoms with van der Waals surface area (Å²) in [7, 11) is 0. The molecule has 0 unspecified atom stereocenters. The highest BCUT2D eigenvalue weighted by Gasteiger charge is 2.19. The molecule has 10 aromatic rings. The molecule has 9 aromatic carbocycles. The smallest absolute Gasteiger partial charge is 0.143 e. The Kier molecular flexibility index (Phi) is 6.25. The number of fused-ring (bicyclic) bond motifs is 7. The second-order valence-electron chi connectivity index (χ2n) is 12.8. The predicted molar refractivity (Wildman–Crippen MR) is 208 cm³/mol. The molecule has 1 nitrogen and oxygen atoms in total. The zero-order chi connectivity index (χ0) is 32.3. The van der Waals surface area contributed by atoms with Gasteiger partial charge in [-0.2, -0.15) is 0 Å². The van der Waals surface area contributed by atoms with Crippen LogP contribution in [0.2, 0.25) is 0 Å². The van der Waals surface area contributed by atoms with Crippen LogP contribution in [0.4, 0.5) is 0 Å². The van der Waals surface area contributed by atoms with Crippen LogP contribution in [0.3, 0.4) is 0 Å². The standard InChI is InChI=1S/C48H30O/c1-2-14-31(15-3-1)34-16-4-6-19-37(34)47-40-22-9-7-20-38(40)46(39-21-8-10-23-41(39)47)33-28-26-32(27-29-33)43-30-44-36-18-12-13-25-45(36)49-48(44)42-24-11-5-17-35(42)43/h1-30H. The third-order valence-electron chi connectivity index (χ3n) is 10.1. The molecule has 228 valence electrons. The first-order valence-corrected chi connectivity index (χ1v) is 16.9.